The number of aliphatic hydroxyl groups excluding tert-OH is 1. The molecule has 0 spiro atoms. The first-order chi connectivity index (χ1) is 18.3. The molecule has 1 fully saturated rings. The molecule has 1 saturated heterocycles. The van der Waals surface area contributed by atoms with Gasteiger partial charge >= 0.3 is 0 Å². The standard InChI is InChI=1S/C30H40N4O3S/c1-5-21-19-34-28-24(21)16-22(17-26(28)33(4)38-30(34,2)3)29(36)32-25(15-20-9-7-6-8-10-20)27(35)18-31-23-11-13-37-14-12-23/h6-10,16-17,19,23,25,27,31,35H,5,11-15,18H2,1-4H3,(H,32,36)/t25-,27+/m0/s1. The number of nitrogens with one attached hydrogen (secondary N) is 2. The number of carbonyl (C=O) groups is 1. The summed E-state index contributed by atoms with van der Waals surface area (Å²) < 4.78 is 9.97. The van der Waals surface area contributed by atoms with Crippen molar-refractivity contribution in [3.05, 3.63) is 65.4 Å². The van der Waals surface area contributed by atoms with Gasteiger partial charge in [0, 0.05) is 50.0 Å². The molecular weight excluding hydrogens is 496 g/mol. The van der Waals surface area contributed by atoms with E-state index in [4.69, 9.17) is 4.74 Å². The molecule has 7 nitrogen and oxygen atoms in total. The lowest BCUT2D eigenvalue weighted by Gasteiger charge is -2.38. The van der Waals surface area contributed by atoms with Gasteiger partial charge in [-0.1, -0.05) is 37.3 Å². The van der Waals surface area contributed by atoms with Crippen LogP contribution in [0.3, 0.4) is 0 Å². The van der Waals surface area contributed by atoms with E-state index in [1.165, 1.54) is 11.1 Å². The van der Waals surface area contributed by atoms with Crippen LogP contribution >= 0.6 is 11.9 Å². The van der Waals surface area contributed by atoms with Gasteiger partial charge in [-0.05, 0) is 74.7 Å². The molecular formula is C30H40N4O3S. The number of rotatable bonds is 9. The van der Waals surface area contributed by atoms with Gasteiger partial charge in [0.2, 0.25) is 0 Å². The zero-order chi connectivity index (χ0) is 26.9. The summed E-state index contributed by atoms with van der Waals surface area (Å²) in [7, 11) is 2.06. The average Bonchev–Trinajstić information content (AvgIpc) is 3.31. The number of amides is 1. The number of nitrogens with zero attached hydrogens (tertiary/aromatic N) is 2. The third kappa shape index (κ3) is 5.59. The number of anilines is 1. The Morgan fingerprint density at radius 2 is 1.95 bits per heavy atom. The summed E-state index contributed by atoms with van der Waals surface area (Å²) in [5.41, 5.74) is 5.15. The molecule has 2 aromatic carbocycles. The summed E-state index contributed by atoms with van der Waals surface area (Å²) in [5, 5.41) is 19.0. The van der Waals surface area contributed by atoms with Crippen molar-refractivity contribution in [2.75, 3.05) is 31.1 Å². The molecule has 3 aromatic rings. The van der Waals surface area contributed by atoms with Gasteiger partial charge in [0.15, 0.2) is 0 Å². The molecule has 0 radical (unpaired) electrons. The number of aliphatic hydroxyl groups is 1. The molecule has 2 aliphatic heterocycles. The van der Waals surface area contributed by atoms with Gasteiger partial charge in [-0.3, -0.25) is 4.79 Å². The lowest BCUT2D eigenvalue weighted by molar-refractivity contribution is 0.0657. The minimum absolute atomic E-state index is 0.112. The minimum Gasteiger partial charge on any atom is -0.390 e. The molecule has 0 unspecified atom stereocenters. The number of benzene rings is 2. The van der Waals surface area contributed by atoms with E-state index < -0.39 is 12.1 Å². The number of hydrogen-bond acceptors (Lipinski definition) is 6. The minimum atomic E-state index is -0.726. The highest BCUT2D eigenvalue weighted by atomic mass is 32.2. The summed E-state index contributed by atoms with van der Waals surface area (Å²) in [6.07, 6.45) is 4.83. The molecule has 1 amide bonds. The van der Waals surface area contributed by atoms with Gasteiger partial charge in [0.1, 0.15) is 4.87 Å². The summed E-state index contributed by atoms with van der Waals surface area (Å²) in [6.45, 7) is 8.51. The molecule has 38 heavy (non-hydrogen) atoms. The van der Waals surface area contributed by atoms with E-state index in [1.54, 1.807) is 11.9 Å². The van der Waals surface area contributed by atoms with Crippen LogP contribution in [0, 0.1) is 0 Å². The Bertz CT molecular complexity index is 1270. The lowest BCUT2D eigenvalue weighted by Crippen LogP contribution is -2.50. The topological polar surface area (TPSA) is 78.8 Å². The predicted molar refractivity (Wildman–Crippen MR) is 156 cm³/mol. The van der Waals surface area contributed by atoms with Gasteiger partial charge in [-0.15, -0.1) is 0 Å². The van der Waals surface area contributed by atoms with Crippen molar-refractivity contribution < 1.29 is 14.6 Å². The van der Waals surface area contributed by atoms with Gasteiger partial charge in [0.05, 0.1) is 23.3 Å². The number of hydrogen-bond donors (Lipinski definition) is 3. The molecule has 0 saturated carbocycles. The summed E-state index contributed by atoms with van der Waals surface area (Å²) >= 11 is 1.75. The summed E-state index contributed by atoms with van der Waals surface area (Å²) in [6, 6.07) is 14.0. The number of aromatic nitrogens is 1. The SMILES string of the molecule is CCc1cn2c3c(cc(C(=O)N[C@@H](Cc4ccccc4)[C@H](O)CNC4CCOCC4)cc13)N(C)SC2(C)C. The first-order valence-electron chi connectivity index (χ1n) is 13.7. The fourth-order valence-corrected chi connectivity index (χ4v) is 6.79. The lowest BCUT2D eigenvalue weighted by atomic mass is 9.99. The first kappa shape index (κ1) is 27.1. The maximum Gasteiger partial charge on any atom is 0.251 e. The van der Waals surface area contributed by atoms with Crippen LogP contribution in [0.5, 0.6) is 0 Å². The zero-order valence-electron chi connectivity index (χ0n) is 22.9. The van der Waals surface area contributed by atoms with E-state index in [1.807, 2.05) is 42.5 Å². The highest BCUT2D eigenvalue weighted by Crippen LogP contribution is 2.47. The van der Waals surface area contributed by atoms with Crippen LogP contribution in [0.25, 0.3) is 10.9 Å². The highest BCUT2D eigenvalue weighted by molar-refractivity contribution is 8.01. The Kier molecular flexibility index (Phi) is 8.05. The monoisotopic (exact) mass is 536 g/mol. The second kappa shape index (κ2) is 11.3. The van der Waals surface area contributed by atoms with Gasteiger partial charge in [-0.25, -0.2) is 0 Å². The smallest absolute Gasteiger partial charge is 0.251 e. The molecule has 8 heteroatoms. The first-order valence-corrected chi connectivity index (χ1v) is 14.5. The van der Waals surface area contributed by atoms with E-state index in [0.717, 1.165) is 49.1 Å². The van der Waals surface area contributed by atoms with Crippen LogP contribution in [0.15, 0.2) is 48.7 Å². The van der Waals surface area contributed by atoms with Crippen LogP contribution in [0.1, 0.15) is 55.1 Å². The number of aryl methyl sites for hydroxylation is 1. The zero-order valence-corrected chi connectivity index (χ0v) is 23.7. The largest absolute Gasteiger partial charge is 0.390 e. The summed E-state index contributed by atoms with van der Waals surface area (Å²) in [5.74, 6) is -0.160. The molecule has 2 aliphatic rings. The second-order valence-electron chi connectivity index (χ2n) is 10.9. The Labute approximate surface area is 230 Å². The fraction of sp³-hybridized carbons (Fsp3) is 0.500. The molecule has 0 aliphatic carbocycles. The van der Waals surface area contributed by atoms with Crippen LogP contribution in [0.4, 0.5) is 5.69 Å². The third-order valence-electron chi connectivity index (χ3n) is 7.80. The van der Waals surface area contributed by atoms with E-state index in [-0.39, 0.29) is 10.8 Å². The molecule has 3 heterocycles. The Morgan fingerprint density at radius 3 is 2.66 bits per heavy atom. The van der Waals surface area contributed by atoms with E-state index >= 15 is 0 Å². The van der Waals surface area contributed by atoms with Crippen molar-refractivity contribution in [2.45, 2.75) is 69.5 Å². The van der Waals surface area contributed by atoms with Crippen molar-refractivity contribution in [2.24, 2.45) is 0 Å². The molecule has 1 aromatic heterocycles. The van der Waals surface area contributed by atoms with Crippen LogP contribution < -0.4 is 14.9 Å². The van der Waals surface area contributed by atoms with Crippen LogP contribution in [-0.2, 0) is 22.4 Å². The molecule has 0 bridgehead atoms. The predicted octanol–water partition coefficient (Wildman–Crippen LogP) is 4.46. The van der Waals surface area contributed by atoms with Crippen molar-refractivity contribution in [1.29, 1.82) is 0 Å². The maximum absolute atomic E-state index is 13.7. The second-order valence-corrected chi connectivity index (χ2v) is 12.7. The van der Waals surface area contributed by atoms with Gasteiger partial charge in [0.25, 0.3) is 5.91 Å². The molecule has 3 N–H and O–H groups in total. The van der Waals surface area contributed by atoms with Crippen LogP contribution in [0.2, 0.25) is 0 Å². The molecule has 2 atom stereocenters. The van der Waals surface area contributed by atoms with E-state index in [9.17, 15) is 9.90 Å². The quantitative estimate of drug-likeness (QED) is 0.351. The molecule has 204 valence electrons. The summed E-state index contributed by atoms with van der Waals surface area (Å²) in [4.78, 5) is 13.6. The van der Waals surface area contributed by atoms with Crippen molar-refractivity contribution in [3.8, 4) is 0 Å². The number of carbonyl (C=O) groups excluding carboxylic acids is 1. The Balaban J connectivity index is 1.41. The highest BCUT2D eigenvalue weighted by Gasteiger charge is 2.34. The van der Waals surface area contributed by atoms with Crippen molar-refractivity contribution >= 4 is 34.4 Å². The van der Waals surface area contributed by atoms with Crippen molar-refractivity contribution in [3.63, 3.8) is 0 Å². The van der Waals surface area contributed by atoms with Crippen LogP contribution in [-0.4, -0.2) is 60.6 Å². The number of ether oxygens (including phenoxy) is 1. The molecule has 5 rings (SSSR count). The average molecular weight is 537 g/mol. The third-order valence-corrected chi connectivity index (χ3v) is 8.91. The van der Waals surface area contributed by atoms with E-state index in [0.29, 0.717) is 24.6 Å². The Morgan fingerprint density at radius 1 is 1.21 bits per heavy atom. The van der Waals surface area contributed by atoms with E-state index in [2.05, 4.69) is 53.5 Å². The van der Waals surface area contributed by atoms with Gasteiger partial charge < -0.3 is 29.3 Å². The fourth-order valence-electron chi connectivity index (χ4n) is 5.65. The van der Waals surface area contributed by atoms with Gasteiger partial charge in [-0.2, -0.15) is 0 Å². The van der Waals surface area contributed by atoms with Crippen molar-refractivity contribution in [1.82, 2.24) is 15.2 Å². The Hall–Kier alpha value is -2.52. The maximum atomic E-state index is 13.7. The normalized spacial score (nSPS) is 18.9.